The fourth-order valence-electron chi connectivity index (χ4n) is 2.50. The van der Waals surface area contributed by atoms with Crippen molar-refractivity contribution < 1.29 is 4.74 Å². The van der Waals surface area contributed by atoms with Crippen molar-refractivity contribution in [2.24, 2.45) is 5.92 Å². The molecule has 1 aromatic rings. The summed E-state index contributed by atoms with van der Waals surface area (Å²) in [7, 11) is 1.73. The predicted molar refractivity (Wildman–Crippen MR) is 66.9 cm³/mol. The second-order valence-electron chi connectivity index (χ2n) is 4.72. The van der Waals surface area contributed by atoms with Gasteiger partial charge in [0.2, 0.25) is 0 Å². The van der Waals surface area contributed by atoms with E-state index in [-0.39, 0.29) is 0 Å². The summed E-state index contributed by atoms with van der Waals surface area (Å²) in [6.45, 7) is 5.65. The first kappa shape index (κ1) is 11.5. The van der Waals surface area contributed by atoms with Gasteiger partial charge in [0.05, 0.1) is 7.11 Å². The van der Waals surface area contributed by atoms with E-state index >= 15 is 0 Å². The lowest BCUT2D eigenvalue weighted by atomic mass is 9.95. The lowest BCUT2D eigenvalue weighted by Crippen LogP contribution is -2.15. The Morgan fingerprint density at radius 3 is 2.81 bits per heavy atom. The summed E-state index contributed by atoms with van der Waals surface area (Å²) in [6, 6.07) is 6.99. The Hall–Kier alpha value is -1.02. The van der Waals surface area contributed by atoms with Crippen molar-refractivity contribution in [2.75, 3.05) is 13.7 Å². The number of benzene rings is 1. The Labute approximate surface area is 98.0 Å². The predicted octanol–water partition coefficient (Wildman–Crippen LogP) is 2.93. The zero-order valence-electron chi connectivity index (χ0n) is 10.4. The van der Waals surface area contributed by atoms with Gasteiger partial charge in [-0.15, -0.1) is 0 Å². The van der Waals surface area contributed by atoms with Crippen molar-refractivity contribution >= 4 is 0 Å². The molecular weight excluding hydrogens is 198 g/mol. The monoisotopic (exact) mass is 219 g/mol. The zero-order chi connectivity index (χ0) is 11.5. The molecule has 0 saturated carbocycles. The highest BCUT2D eigenvalue weighted by Gasteiger charge is 2.23. The van der Waals surface area contributed by atoms with Gasteiger partial charge < -0.3 is 10.1 Å². The molecular formula is C14H21NO. The molecule has 1 fully saturated rings. The Morgan fingerprint density at radius 1 is 1.44 bits per heavy atom. The highest BCUT2D eigenvalue weighted by atomic mass is 16.5. The molecule has 0 aromatic heterocycles. The van der Waals surface area contributed by atoms with Gasteiger partial charge in [-0.25, -0.2) is 0 Å². The molecule has 0 bridgehead atoms. The second-order valence-corrected chi connectivity index (χ2v) is 4.72. The van der Waals surface area contributed by atoms with Crippen LogP contribution in [0, 0.1) is 5.92 Å². The van der Waals surface area contributed by atoms with Crippen LogP contribution in [0.2, 0.25) is 0 Å². The molecule has 1 saturated heterocycles. The molecule has 0 radical (unpaired) electrons. The van der Waals surface area contributed by atoms with Crippen molar-refractivity contribution in [2.45, 2.75) is 32.7 Å². The maximum Gasteiger partial charge on any atom is 0.119 e. The number of hydrogen-bond acceptors (Lipinski definition) is 2. The quantitative estimate of drug-likeness (QED) is 0.844. The van der Waals surface area contributed by atoms with Crippen LogP contribution in [0.25, 0.3) is 0 Å². The van der Waals surface area contributed by atoms with E-state index in [4.69, 9.17) is 4.74 Å². The number of ether oxygens (including phenoxy) is 1. The highest BCUT2D eigenvalue weighted by molar-refractivity contribution is 5.38. The number of aryl methyl sites for hydroxylation is 1. The van der Waals surface area contributed by atoms with E-state index in [0.717, 1.165) is 24.6 Å². The van der Waals surface area contributed by atoms with Crippen molar-refractivity contribution in [3.05, 3.63) is 29.3 Å². The molecule has 1 N–H and O–H groups in total. The molecule has 1 aliphatic rings. The number of nitrogens with one attached hydrogen (secondary N) is 1. The molecule has 2 nitrogen and oxygen atoms in total. The first-order chi connectivity index (χ1) is 7.74. The lowest BCUT2D eigenvalue weighted by Gasteiger charge is -2.16. The van der Waals surface area contributed by atoms with E-state index in [1.807, 2.05) is 0 Å². The molecule has 0 aliphatic carbocycles. The minimum atomic E-state index is 0.538. The van der Waals surface area contributed by atoms with Crippen LogP contribution in [0.15, 0.2) is 18.2 Å². The summed E-state index contributed by atoms with van der Waals surface area (Å²) in [5.74, 6) is 1.75. The van der Waals surface area contributed by atoms with Gasteiger partial charge in [-0.3, -0.25) is 0 Å². The first-order valence-electron chi connectivity index (χ1n) is 6.14. The molecule has 2 atom stereocenters. The summed E-state index contributed by atoms with van der Waals surface area (Å²) in [4.78, 5) is 0. The van der Waals surface area contributed by atoms with Gasteiger partial charge in [-0.05, 0) is 48.6 Å². The third kappa shape index (κ3) is 2.22. The SMILES string of the molecule is CCc1cc(OC)ccc1[C@@H]1C[C@H](C)CN1. The van der Waals surface area contributed by atoms with Crippen LogP contribution < -0.4 is 10.1 Å². The second kappa shape index (κ2) is 4.88. The van der Waals surface area contributed by atoms with Crippen LogP contribution in [0.4, 0.5) is 0 Å². The summed E-state index contributed by atoms with van der Waals surface area (Å²) in [5.41, 5.74) is 2.86. The maximum atomic E-state index is 5.28. The van der Waals surface area contributed by atoms with Gasteiger partial charge in [0.1, 0.15) is 5.75 Å². The first-order valence-corrected chi connectivity index (χ1v) is 6.14. The average molecular weight is 219 g/mol. The van der Waals surface area contributed by atoms with E-state index in [0.29, 0.717) is 6.04 Å². The molecule has 1 aliphatic heterocycles. The van der Waals surface area contributed by atoms with Crippen LogP contribution >= 0.6 is 0 Å². The molecule has 0 spiro atoms. The lowest BCUT2D eigenvalue weighted by molar-refractivity contribution is 0.414. The fourth-order valence-corrected chi connectivity index (χ4v) is 2.50. The maximum absolute atomic E-state index is 5.28. The topological polar surface area (TPSA) is 21.3 Å². The highest BCUT2D eigenvalue weighted by Crippen LogP contribution is 2.31. The Bertz CT molecular complexity index is 362. The van der Waals surface area contributed by atoms with Gasteiger partial charge in [0, 0.05) is 6.04 Å². The summed E-state index contributed by atoms with van der Waals surface area (Å²) in [5, 5.41) is 3.59. The molecule has 2 heteroatoms. The van der Waals surface area contributed by atoms with E-state index in [1.54, 1.807) is 7.11 Å². The summed E-state index contributed by atoms with van der Waals surface area (Å²) >= 11 is 0. The van der Waals surface area contributed by atoms with Crippen LogP contribution in [0.5, 0.6) is 5.75 Å². The van der Waals surface area contributed by atoms with Gasteiger partial charge in [-0.1, -0.05) is 19.9 Å². The molecule has 88 valence electrons. The van der Waals surface area contributed by atoms with Crippen LogP contribution in [-0.4, -0.2) is 13.7 Å². The molecule has 0 amide bonds. The van der Waals surface area contributed by atoms with E-state index in [2.05, 4.69) is 37.4 Å². The standard InChI is InChI=1S/C14H21NO/c1-4-11-8-12(16-3)5-6-13(11)14-7-10(2)9-15-14/h5-6,8,10,14-15H,4,7,9H2,1-3H3/t10-,14-/m0/s1. The average Bonchev–Trinajstić information content (AvgIpc) is 2.74. The molecule has 2 rings (SSSR count). The van der Waals surface area contributed by atoms with Gasteiger partial charge >= 0.3 is 0 Å². The van der Waals surface area contributed by atoms with Crippen molar-refractivity contribution in [3.8, 4) is 5.75 Å². The smallest absolute Gasteiger partial charge is 0.119 e. The Balaban J connectivity index is 2.26. The van der Waals surface area contributed by atoms with Gasteiger partial charge in [0.15, 0.2) is 0 Å². The van der Waals surface area contributed by atoms with E-state index < -0.39 is 0 Å². The van der Waals surface area contributed by atoms with E-state index in [9.17, 15) is 0 Å². The zero-order valence-corrected chi connectivity index (χ0v) is 10.4. The number of methoxy groups -OCH3 is 1. The molecule has 1 aromatic carbocycles. The van der Waals surface area contributed by atoms with Crippen molar-refractivity contribution in [1.82, 2.24) is 5.32 Å². The fraction of sp³-hybridized carbons (Fsp3) is 0.571. The molecule has 0 unspecified atom stereocenters. The number of hydrogen-bond donors (Lipinski definition) is 1. The minimum Gasteiger partial charge on any atom is -0.497 e. The third-order valence-electron chi connectivity index (χ3n) is 3.46. The van der Waals surface area contributed by atoms with Crippen molar-refractivity contribution in [1.29, 1.82) is 0 Å². The number of rotatable bonds is 3. The minimum absolute atomic E-state index is 0.538. The molecule has 16 heavy (non-hydrogen) atoms. The molecule has 1 heterocycles. The third-order valence-corrected chi connectivity index (χ3v) is 3.46. The van der Waals surface area contributed by atoms with Crippen LogP contribution in [0.3, 0.4) is 0 Å². The van der Waals surface area contributed by atoms with Gasteiger partial charge in [-0.2, -0.15) is 0 Å². The van der Waals surface area contributed by atoms with Gasteiger partial charge in [0.25, 0.3) is 0 Å². The Morgan fingerprint density at radius 2 is 2.25 bits per heavy atom. The Kier molecular flexibility index (Phi) is 3.49. The normalized spacial score (nSPS) is 24.7. The largest absolute Gasteiger partial charge is 0.497 e. The van der Waals surface area contributed by atoms with E-state index in [1.165, 1.54) is 17.5 Å². The summed E-state index contributed by atoms with van der Waals surface area (Å²) in [6.07, 6.45) is 2.32. The van der Waals surface area contributed by atoms with Crippen LogP contribution in [0.1, 0.15) is 37.4 Å². The summed E-state index contributed by atoms with van der Waals surface area (Å²) < 4.78 is 5.28. The van der Waals surface area contributed by atoms with Crippen molar-refractivity contribution in [3.63, 3.8) is 0 Å². The van der Waals surface area contributed by atoms with Crippen LogP contribution in [-0.2, 0) is 6.42 Å².